The monoisotopic (exact) mass is 254 g/mol. The minimum absolute atomic E-state index is 0.680. The molecule has 0 aliphatic heterocycles. The molecule has 2 aromatic rings. The lowest BCUT2D eigenvalue weighted by atomic mass is 10.1. The predicted octanol–water partition coefficient (Wildman–Crippen LogP) is 2.43. The molecule has 1 heterocycles. The van der Waals surface area contributed by atoms with Gasteiger partial charge in [0.05, 0.1) is 6.54 Å². The van der Waals surface area contributed by atoms with Crippen molar-refractivity contribution in [1.82, 2.24) is 15.3 Å². The van der Waals surface area contributed by atoms with Gasteiger partial charge in [-0.1, -0.05) is 6.07 Å². The second-order valence-corrected chi connectivity index (χ2v) is 4.85. The summed E-state index contributed by atoms with van der Waals surface area (Å²) in [5.41, 5.74) is 4.06. The van der Waals surface area contributed by atoms with Crippen LogP contribution in [0.5, 0.6) is 0 Å². The first kappa shape index (κ1) is 12.1. The lowest BCUT2D eigenvalue weighted by Crippen LogP contribution is -2.09. The minimum Gasteiger partial charge on any atom is -0.340 e. The Balaban J connectivity index is 1.79. The summed E-state index contributed by atoms with van der Waals surface area (Å²) < 4.78 is 0. The van der Waals surface area contributed by atoms with Gasteiger partial charge in [-0.15, -0.1) is 0 Å². The van der Waals surface area contributed by atoms with Crippen molar-refractivity contribution in [1.29, 1.82) is 0 Å². The Labute approximate surface area is 113 Å². The number of hydrogen-bond acceptors (Lipinski definition) is 4. The van der Waals surface area contributed by atoms with Gasteiger partial charge in [-0.3, -0.25) is 0 Å². The van der Waals surface area contributed by atoms with E-state index in [2.05, 4.69) is 38.8 Å². The van der Waals surface area contributed by atoms with Crippen molar-refractivity contribution in [3.05, 3.63) is 47.4 Å². The molecule has 4 nitrogen and oxygen atoms in total. The zero-order chi connectivity index (χ0) is 13.1. The molecule has 2 N–H and O–H groups in total. The van der Waals surface area contributed by atoms with Crippen molar-refractivity contribution in [3.8, 4) is 0 Å². The predicted molar refractivity (Wildman–Crippen MR) is 76.5 cm³/mol. The van der Waals surface area contributed by atoms with Gasteiger partial charge < -0.3 is 10.6 Å². The molecule has 0 spiro atoms. The molecule has 1 aliphatic rings. The summed E-state index contributed by atoms with van der Waals surface area (Å²) in [6.45, 7) is 0.680. The van der Waals surface area contributed by atoms with Gasteiger partial charge in [-0.05, 0) is 55.6 Å². The maximum atomic E-state index is 4.47. The zero-order valence-corrected chi connectivity index (χ0v) is 11.1. The molecule has 0 amide bonds. The SMILES string of the molecule is CNCc1nccc(Nc2ccc3c(c2)CCC3)n1. The Morgan fingerprint density at radius 1 is 1.16 bits per heavy atom. The van der Waals surface area contributed by atoms with Crippen LogP contribution in [0.4, 0.5) is 11.5 Å². The molecule has 1 aromatic heterocycles. The van der Waals surface area contributed by atoms with Crippen molar-refractivity contribution in [2.24, 2.45) is 0 Å². The summed E-state index contributed by atoms with van der Waals surface area (Å²) in [6.07, 6.45) is 5.48. The van der Waals surface area contributed by atoms with E-state index in [9.17, 15) is 0 Å². The van der Waals surface area contributed by atoms with E-state index < -0.39 is 0 Å². The second-order valence-electron chi connectivity index (χ2n) is 4.85. The Morgan fingerprint density at radius 3 is 2.95 bits per heavy atom. The van der Waals surface area contributed by atoms with Crippen LogP contribution in [0.3, 0.4) is 0 Å². The van der Waals surface area contributed by atoms with Crippen LogP contribution in [0.15, 0.2) is 30.5 Å². The van der Waals surface area contributed by atoms with E-state index >= 15 is 0 Å². The number of rotatable bonds is 4. The molecule has 0 atom stereocenters. The van der Waals surface area contributed by atoms with Gasteiger partial charge in [-0.25, -0.2) is 9.97 Å². The van der Waals surface area contributed by atoms with Gasteiger partial charge in [0.25, 0.3) is 0 Å². The summed E-state index contributed by atoms with van der Waals surface area (Å²) in [4.78, 5) is 8.68. The van der Waals surface area contributed by atoms with E-state index in [4.69, 9.17) is 0 Å². The van der Waals surface area contributed by atoms with Gasteiger partial charge >= 0.3 is 0 Å². The first-order valence-corrected chi connectivity index (χ1v) is 6.70. The van der Waals surface area contributed by atoms with E-state index in [0.717, 1.165) is 17.3 Å². The average Bonchev–Trinajstić information content (AvgIpc) is 2.87. The number of fused-ring (bicyclic) bond motifs is 1. The fraction of sp³-hybridized carbons (Fsp3) is 0.333. The molecule has 1 aliphatic carbocycles. The molecule has 0 unspecified atom stereocenters. The first-order chi connectivity index (χ1) is 9.35. The van der Waals surface area contributed by atoms with Crippen LogP contribution in [0.25, 0.3) is 0 Å². The number of benzene rings is 1. The topological polar surface area (TPSA) is 49.8 Å². The van der Waals surface area contributed by atoms with Crippen LogP contribution < -0.4 is 10.6 Å². The van der Waals surface area contributed by atoms with Crippen LogP contribution in [0, 0.1) is 0 Å². The second kappa shape index (κ2) is 5.36. The molecule has 1 aromatic carbocycles. The van der Waals surface area contributed by atoms with Crippen molar-refractivity contribution < 1.29 is 0 Å². The van der Waals surface area contributed by atoms with E-state index in [-0.39, 0.29) is 0 Å². The molecular weight excluding hydrogens is 236 g/mol. The highest BCUT2D eigenvalue weighted by Gasteiger charge is 2.10. The molecule has 4 heteroatoms. The molecule has 0 bridgehead atoms. The first-order valence-electron chi connectivity index (χ1n) is 6.70. The van der Waals surface area contributed by atoms with Crippen LogP contribution in [0.2, 0.25) is 0 Å². The number of anilines is 2. The lowest BCUT2D eigenvalue weighted by Gasteiger charge is -2.08. The standard InChI is InChI=1S/C15H18N4/c1-16-10-15-17-8-7-14(19-15)18-13-6-5-11-3-2-4-12(11)9-13/h5-9,16H,2-4,10H2,1H3,(H,17,18,19). The minimum atomic E-state index is 0.680. The Kier molecular flexibility index (Phi) is 3.42. The molecule has 19 heavy (non-hydrogen) atoms. The van der Waals surface area contributed by atoms with Crippen molar-refractivity contribution >= 4 is 11.5 Å². The van der Waals surface area contributed by atoms with Crippen LogP contribution >= 0.6 is 0 Å². The Hall–Kier alpha value is -1.94. The summed E-state index contributed by atoms with van der Waals surface area (Å²) in [5.74, 6) is 1.65. The summed E-state index contributed by atoms with van der Waals surface area (Å²) in [5, 5.41) is 6.41. The normalized spacial score (nSPS) is 13.3. The molecule has 98 valence electrons. The Morgan fingerprint density at radius 2 is 2.05 bits per heavy atom. The average molecular weight is 254 g/mol. The van der Waals surface area contributed by atoms with Gasteiger partial charge in [0.15, 0.2) is 0 Å². The van der Waals surface area contributed by atoms with Crippen LogP contribution in [0.1, 0.15) is 23.4 Å². The summed E-state index contributed by atoms with van der Waals surface area (Å²) in [6, 6.07) is 8.49. The van der Waals surface area contributed by atoms with Crippen LogP contribution in [-0.4, -0.2) is 17.0 Å². The highest BCUT2D eigenvalue weighted by Crippen LogP contribution is 2.26. The van der Waals surface area contributed by atoms with Crippen molar-refractivity contribution in [3.63, 3.8) is 0 Å². The molecule has 0 fully saturated rings. The smallest absolute Gasteiger partial charge is 0.144 e. The quantitative estimate of drug-likeness (QED) is 0.880. The fourth-order valence-electron chi connectivity index (χ4n) is 2.51. The largest absolute Gasteiger partial charge is 0.340 e. The molecule has 0 saturated heterocycles. The van der Waals surface area contributed by atoms with Gasteiger partial charge in [0.2, 0.25) is 0 Å². The third kappa shape index (κ3) is 2.74. The van der Waals surface area contributed by atoms with E-state index in [0.29, 0.717) is 6.54 Å². The third-order valence-electron chi connectivity index (χ3n) is 3.41. The van der Waals surface area contributed by atoms with Crippen LogP contribution in [-0.2, 0) is 19.4 Å². The van der Waals surface area contributed by atoms with Gasteiger partial charge in [0, 0.05) is 11.9 Å². The highest BCUT2D eigenvalue weighted by molar-refractivity contribution is 5.58. The number of nitrogens with zero attached hydrogens (tertiary/aromatic N) is 2. The number of aryl methyl sites for hydroxylation is 2. The maximum Gasteiger partial charge on any atom is 0.144 e. The third-order valence-corrected chi connectivity index (χ3v) is 3.41. The van der Waals surface area contributed by atoms with E-state index in [1.54, 1.807) is 6.20 Å². The van der Waals surface area contributed by atoms with E-state index in [1.165, 1.54) is 30.4 Å². The van der Waals surface area contributed by atoms with Gasteiger partial charge in [-0.2, -0.15) is 0 Å². The summed E-state index contributed by atoms with van der Waals surface area (Å²) >= 11 is 0. The van der Waals surface area contributed by atoms with E-state index in [1.807, 2.05) is 13.1 Å². The highest BCUT2D eigenvalue weighted by atomic mass is 15.0. The molecule has 0 radical (unpaired) electrons. The molecular formula is C15H18N4. The van der Waals surface area contributed by atoms with Crippen molar-refractivity contribution in [2.75, 3.05) is 12.4 Å². The number of hydrogen-bond donors (Lipinski definition) is 2. The van der Waals surface area contributed by atoms with Gasteiger partial charge in [0.1, 0.15) is 11.6 Å². The maximum absolute atomic E-state index is 4.47. The summed E-state index contributed by atoms with van der Waals surface area (Å²) in [7, 11) is 1.89. The number of aromatic nitrogens is 2. The Bertz CT molecular complexity index is 580. The molecule has 3 rings (SSSR count). The van der Waals surface area contributed by atoms with Crippen molar-refractivity contribution in [2.45, 2.75) is 25.8 Å². The lowest BCUT2D eigenvalue weighted by molar-refractivity contribution is 0.759. The number of nitrogens with one attached hydrogen (secondary N) is 2. The zero-order valence-electron chi connectivity index (χ0n) is 11.1. The fourth-order valence-corrected chi connectivity index (χ4v) is 2.51. The molecule has 0 saturated carbocycles.